The summed E-state index contributed by atoms with van der Waals surface area (Å²) in [6.07, 6.45) is 3.42. The Kier molecular flexibility index (Phi) is 3.31. The zero-order chi connectivity index (χ0) is 14.8. The van der Waals surface area contributed by atoms with E-state index in [1.54, 1.807) is 24.2 Å². The molecule has 5 nitrogen and oxygen atoms in total. The molecule has 1 aromatic carbocycles. The third-order valence-electron chi connectivity index (χ3n) is 3.39. The summed E-state index contributed by atoms with van der Waals surface area (Å²) in [4.78, 5) is 4.17. The minimum Gasteiger partial charge on any atom is -0.495 e. The summed E-state index contributed by atoms with van der Waals surface area (Å²) in [5.41, 5.74) is 9.74. The molecule has 0 unspecified atom stereocenters. The molecule has 106 valence electrons. The van der Waals surface area contributed by atoms with Crippen molar-refractivity contribution >= 4 is 5.82 Å². The van der Waals surface area contributed by atoms with E-state index < -0.39 is 0 Å². The molecule has 2 N–H and O–H groups in total. The van der Waals surface area contributed by atoms with Crippen LogP contribution in [0.2, 0.25) is 0 Å². The van der Waals surface area contributed by atoms with Gasteiger partial charge in [-0.05, 0) is 25.1 Å². The zero-order valence-electron chi connectivity index (χ0n) is 11.9. The number of para-hydroxylation sites is 1. The SMILES string of the molecule is COc1cncc(-c2nn(-c3ccccc3)c(N)c2C)c1. The topological polar surface area (TPSA) is 66.0 Å². The lowest BCUT2D eigenvalue weighted by atomic mass is 10.1. The molecule has 2 heterocycles. The van der Waals surface area contributed by atoms with Gasteiger partial charge in [-0.2, -0.15) is 5.10 Å². The average molecular weight is 280 g/mol. The van der Waals surface area contributed by atoms with E-state index in [9.17, 15) is 0 Å². The Balaban J connectivity index is 2.12. The number of methoxy groups -OCH3 is 1. The molecule has 5 heteroatoms. The fraction of sp³-hybridized carbons (Fsp3) is 0.125. The molecule has 0 aliphatic carbocycles. The van der Waals surface area contributed by atoms with Gasteiger partial charge in [-0.15, -0.1) is 0 Å². The number of hydrogen-bond donors (Lipinski definition) is 1. The number of hydrogen-bond acceptors (Lipinski definition) is 4. The van der Waals surface area contributed by atoms with E-state index in [1.165, 1.54) is 0 Å². The van der Waals surface area contributed by atoms with Crippen molar-refractivity contribution in [2.75, 3.05) is 12.8 Å². The molecule has 0 spiro atoms. The van der Waals surface area contributed by atoms with Crippen molar-refractivity contribution in [3.63, 3.8) is 0 Å². The number of benzene rings is 1. The molecule has 0 radical (unpaired) electrons. The summed E-state index contributed by atoms with van der Waals surface area (Å²) in [5, 5.41) is 4.62. The van der Waals surface area contributed by atoms with E-state index in [0.29, 0.717) is 11.6 Å². The van der Waals surface area contributed by atoms with Crippen molar-refractivity contribution in [3.8, 4) is 22.7 Å². The van der Waals surface area contributed by atoms with Gasteiger partial charge in [0.1, 0.15) is 11.6 Å². The summed E-state index contributed by atoms with van der Waals surface area (Å²) in [5.74, 6) is 1.32. The number of nitrogens with two attached hydrogens (primary N) is 1. The predicted octanol–water partition coefficient (Wildman–Crippen LogP) is 2.83. The van der Waals surface area contributed by atoms with E-state index in [4.69, 9.17) is 10.5 Å². The van der Waals surface area contributed by atoms with Gasteiger partial charge in [0.15, 0.2) is 0 Å². The second-order valence-electron chi connectivity index (χ2n) is 4.72. The lowest BCUT2D eigenvalue weighted by molar-refractivity contribution is 0.413. The van der Waals surface area contributed by atoms with Crippen LogP contribution in [0.15, 0.2) is 48.8 Å². The molecule has 2 aromatic heterocycles. The third-order valence-corrected chi connectivity index (χ3v) is 3.39. The number of nitrogen functional groups attached to an aromatic ring is 1. The molecule has 3 rings (SSSR count). The highest BCUT2D eigenvalue weighted by molar-refractivity contribution is 5.69. The first-order valence-corrected chi connectivity index (χ1v) is 6.60. The first kappa shape index (κ1) is 13.2. The zero-order valence-corrected chi connectivity index (χ0v) is 11.9. The van der Waals surface area contributed by atoms with E-state index in [1.807, 2.05) is 43.3 Å². The second-order valence-corrected chi connectivity index (χ2v) is 4.72. The van der Waals surface area contributed by atoms with Gasteiger partial charge >= 0.3 is 0 Å². The Morgan fingerprint density at radius 1 is 1.14 bits per heavy atom. The van der Waals surface area contributed by atoms with Crippen molar-refractivity contribution in [2.24, 2.45) is 0 Å². The Hall–Kier alpha value is -2.82. The van der Waals surface area contributed by atoms with Crippen LogP contribution in [0.4, 0.5) is 5.82 Å². The maximum Gasteiger partial charge on any atom is 0.137 e. The maximum atomic E-state index is 6.19. The highest BCUT2D eigenvalue weighted by Crippen LogP contribution is 2.29. The minimum atomic E-state index is 0.624. The highest BCUT2D eigenvalue weighted by Gasteiger charge is 2.15. The molecular formula is C16H16N4O. The van der Waals surface area contributed by atoms with Crippen LogP contribution in [0.25, 0.3) is 16.9 Å². The summed E-state index contributed by atoms with van der Waals surface area (Å²) < 4.78 is 6.95. The first-order chi connectivity index (χ1) is 10.2. The monoisotopic (exact) mass is 280 g/mol. The van der Waals surface area contributed by atoms with Crippen LogP contribution in [-0.4, -0.2) is 21.9 Å². The first-order valence-electron chi connectivity index (χ1n) is 6.60. The van der Waals surface area contributed by atoms with Crippen LogP contribution in [0.1, 0.15) is 5.56 Å². The van der Waals surface area contributed by atoms with Crippen molar-refractivity contribution < 1.29 is 4.74 Å². The fourth-order valence-corrected chi connectivity index (χ4v) is 2.21. The molecule has 0 amide bonds. The number of rotatable bonds is 3. The molecular weight excluding hydrogens is 264 g/mol. The van der Waals surface area contributed by atoms with Crippen molar-refractivity contribution in [1.82, 2.24) is 14.8 Å². The number of ether oxygens (including phenoxy) is 1. The van der Waals surface area contributed by atoms with Gasteiger partial charge < -0.3 is 10.5 Å². The van der Waals surface area contributed by atoms with E-state index >= 15 is 0 Å². The molecule has 0 saturated heterocycles. The standard InChI is InChI=1S/C16H16N4O/c1-11-15(12-8-14(21-2)10-18-9-12)19-20(16(11)17)13-6-4-3-5-7-13/h3-10H,17H2,1-2H3. The van der Waals surface area contributed by atoms with Crippen molar-refractivity contribution in [3.05, 3.63) is 54.4 Å². The number of anilines is 1. The molecule has 0 aliphatic rings. The van der Waals surface area contributed by atoms with Crippen LogP contribution in [0.5, 0.6) is 5.75 Å². The molecule has 0 fully saturated rings. The van der Waals surface area contributed by atoms with Crippen LogP contribution in [-0.2, 0) is 0 Å². The molecule has 0 saturated carbocycles. The lowest BCUT2D eigenvalue weighted by Crippen LogP contribution is -2.01. The van der Waals surface area contributed by atoms with Gasteiger partial charge in [-0.3, -0.25) is 4.98 Å². The maximum absolute atomic E-state index is 6.19. The number of aromatic nitrogens is 3. The molecule has 0 atom stereocenters. The predicted molar refractivity (Wildman–Crippen MR) is 82.5 cm³/mol. The summed E-state index contributed by atoms with van der Waals surface area (Å²) in [6.45, 7) is 1.95. The van der Waals surface area contributed by atoms with Gasteiger partial charge in [-0.25, -0.2) is 4.68 Å². The minimum absolute atomic E-state index is 0.624. The largest absolute Gasteiger partial charge is 0.495 e. The Morgan fingerprint density at radius 3 is 2.62 bits per heavy atom. The Morgan fingerprint density at radius 2 is 1.90 bits per heavy atom. The van der Waals surface area contributed by atoms with Gasteiger partial charge in [0.25, 0.3) is 0 Å². The van der Waals surface area contributed by atoms with Gasteiger partial charge in [-0.1, -0.05) is 18.2 Å². The molecule has 0 bridgehead atoms. The van der Waals surface area contributed by atoms with Gasteiger partial charge in [0, 0.05) is 17.3 Å². The van der Waals surface area contributed by atoms with E-state index in [0.717, 1.165) is 22.5 Å². The smallest absolute Gasteiger partial charge is 0.137 e. The summed E-state index contributed by atoms with van der Waals surface area (Å²) >= 11 is 0. The summed E-state index contributed by atoms with van der Waals surface area (Å²) in [7, 11) is 1.62. The van der Waals surface area contributed by atoms with Crippen LogP contribution in [0, 0.1) is 6.92 Å². The molecule has 3 aromatic rings. The summed E-state index contributed by atoms with van der Waals surface area (Å²) in [6, 6.07) is 11.7. The molecule has 21 heavy (non-hydrogen) atoms. The van der Waals surface area contributed by atoms with Crippen molar-refractivity contribution in [1.29, 1.82) is 0 Å². The number of nitrogens with zero attached hydrogens (tertiary/aromatic N) is 3. The van der Waals surface area contributed by atoms with E-state index in [-0.39, 0.29) is 0 Å². The van der Waals surface area contributed by atoms with Gasteiger partial charge in [0.2, 0.25) is 0 Å². The highest BCUT2D eigenvalue weighted by atomic mass is 16.5. The molecule has 0 aliphatic heterocycles. The van der Waals surface area contributed by atoms with Crippen LogP contribution in [0.3, 0.4) is 0 Å². The van der Waals surface area contributed by atoms with Crippen molar-refractivity contribution in [2.45, 2.75) is 6.92 Å². The lowest BCUT2D eigenvalue weighted by Gasteiger charge is -2.03. The second kappa shape index (κ2) is 5.28. The average Bonchev–Trinajstić information content (AvgIpc) is 2.84. The Labute approximate surface area is 123 Å². The van der Waals surface area contributed by atoms with Gasteiger partial charge in [0.05, 0.1) is 24.7 Å². The third kappa shape index (κ3) is 2.33. The van der Waals surface area contributed by atoms with E-state index in [2.05, 4.69) is 10.1 Å². The van der Waals surface area contributed by atoms with Crippen LogP contribution < -0.4 is 10.5 Å². The fourth-order valence-electron chi connectivity index (χ4n) is 2.21. The normalized spacial score (nSPS) is 10.6. The van der Waals surface area contributed by atoms with Crippen LogP contribution >= 0.6 is 0 Å². The Bertz CT molecular complexity index is 765. The quantitative estimate of drug-likeness (QED) is 0.801. The number of pyridine rings is 1.